The first-order valence-electron chi connectivity index (χ1n) is 8.11. The summed E-state index contributed by atoms with van der Waals surface area (Å²) in [5.74, 6) is 1.76. The van der Waals surface area contributed by atoms with Gasteiger partial charge in [-0.25, -0.2) is 0 Å². The number of rotatable bonds is 4. The average molecular weight is 274 g/mol. The third-order valence-electron chi connectivity index (χ3n) is 4.92. The van der Waals surface area contributed by atoms with E-state index in [0.29, 0.717) is 11.5 Å². The van der Waals surface area contributed by atoms with Crippen LogP contribution < -0.4 is 5.32 Å². The van der Waals surface area contributed by atoms with Crippen LogP contribution in [0.25, 0.3) is 0 Å². The first-order valence-corrected chi connectivity index (χ1v) is 8.11. The summed E-state index contributed by atoms with van der Waals surface area (Å²) < 4.78 is 0. The molecule has 0 radical (unpaired) electrons. The van der Waals surface area contributed by atoms with E-state index in [2.05, 4.69) is 50.1 Å². The van der Waals surface area contributed by atoms with E-state index >= 15 is 0 Å². The van der Waals surface area contributed by atoms with Crippen molar-refractivity contribution >= 4 is 0 Å². The molecule has 1 aliphatic rings. The fourth-order valence-electron chi connectivity index (χ4n) is 3.31. The molecule has 1 saturated carbocycles. The summed E-state index contributed by atoms with van der Waals surface area (Å²) in [6, 6.07) is 6.50. The van der Waals surface area contributed by atoms with Crippen LogP contribution in [0.4, 0.5) is 0 Å². The summed E-state index contributed by atoms with van der Waals surface area (Å²) in [4.78, 5) is 4.42. The Hall–Kier alpha value is -0.890. The van der Waals surface area contributed by atoms with Crippen molar-refractivity contribution in [2.24, 2.45) is 17.3 Å². The fraction of sp³-hybridized carbons (Fsp3) is 0.722. The fourth-order valence-corrected chi connectivity index (χ4v) is 3.31. The molecule has 0 saturated heterocycles. The van der Waals surface area contributed by atoms with Crippen LogP contribution in [0.2, 0.25) is 0 Å². The third-order valence-corrected chi connectivity index (χ3v) is 4.92. The van der Waals surface area contributed by atoms with Crippen molar-refractivity contribution in [3.05, 3.63) is 30.1 Å². The van der Waals surface area contributed by atoms with Crippen molar-refractivity contribution in [2.75, 3.05) is 6.54 Å². The van der Waals surface area contributed by atoms with E-state index in [9.17, 15) is 0 Å². The zero-order valence-electron chi connectivity index (χ0n) is 13.5. The summed E-state index contributed by atoms with van der Waals surface area (Å²) in [5.41, 5.74) is 1.63. The van der Waals surface area contributed by atoms with Crippen molar-refractivity contribution in [1.82, 2.24) is 10.3 Å². The Bertz CT molecular complexity index is 386. The molecule has 0 amide bonds. The van der Waals surface area contributed by atoms with Crippen molar-refractivity contribution in [2.45, 2.75) is 59.4 Å². The van der Waals surface area contributed by atoms with Crippen LogP contribution in [0.5, 0.6) is 0 Å². The van der Waals surface area contributed by atoms with E-state index in [1.165, 1.54) is 25.7 Å². The standard InChI is InChI=1S/C18H30N2/c1-14(17-7-5-6-12-19-17)20-13-15-8-10-16(11-9-15)18(2,3)4/h5-7,12,14-16,20H,8-11,13H2,1-4H3. The van der Waals surface area contributed by atoms with E-state index in [-0.39, 0.29) is 0 Å². The molecule has 1 unspecified atom stereocenters. The van der Waals surface area contributed by atoms with Gasteiger partial charge >= 0.3 is 0 Å². The minimum absolute atomic E-state index is 0.358. The first kappa shape index (κ1) is 15.5. The van der Waals surface area contributed by atoms with E-state index in [0.717, 1.165) is 24.1 Å². The number of aromatic nitrogens is 1. The zero-order valence-corrected chi connectivity index (χ0v) is 13.5. The number of hydrogen-bond acceptors (Lipinski definition) is 2. The van der Waals surface area contributed by atoms with Crippen LogP contribution in [0, 0.1) is 17.3 Å². The van der Waals surface area contributed by atoms with Crippen LogP contribution in [0.3, 0.4) is 0 Å². The summed E-state index contributed by atoms with van der Waals surface area (Å²) in [7, 11) is 0. The van der Waals surface area contributed by atoms with Crippen molar-refractivity contribution in [3.63, 3.8) is 0 Å². The van der Waals surface area contributed by atoms with Crippen LogP contribution in [-0.4, -0.2) is 11.5 Å². The molecule has 112 valence electrons. The van der Waals surface area contributed by atoms with Crippen molar-refractivity contribution in [3.8, 4) is 0 Å². The topological polar surface area (TPSA) is 24.9 Å². The van der Waals surface area contributed by atoms with Crippen LogP contribution in [0.15, 0.2) is 24.4 Å². The van der Waals surface area contributed by atoms with Gasteiger partial charge < -0.3 is 5.32 Å². The second kappa shape index (κ2) is 6.71. The van der Waals surface area contributed by atoms with Gasteiger partial charge in [0, 0.05) is 12.2 Å². The highest BCUT2D eigenvalue weighted by molar-refractivity contribution is 5.07. The zero-order chi connectivity index (χ0) is 14.6. The average Bonchev–Trinajstić information content (AvgIpc) is 2.45. The molecular formula is C18H30N2. The molecule has 20 heavy (non-hydrogen) atoms. The number of nitrogens with zero attached hydrogens (tertiary/aromatic N) is 1. The Morgan fingerprint density at radius 2 is 1.90 bits per heavy atom. The Morgan fingerprint density at radius 1 is 1.20 bits per heavy atom. The van der Waals surface area contributed by atoms with Crippen LogP contribution >= 0.6 is 0 Å². The lowest BCUT2D eigenvalue weighted by Crippen LogP contribution is -2.31. The Balaban J connectivity index is 1.74. The first-order chi connectivity index (χ1) is 9.47. The summed E-state index contributed by atoms with van der Waals surface area (Å²) in [6.45, 7) is 10.5. The molecule has 2 rings (SSSR count). The van der Waals surface area contributed by atoms with E-state index < -0.39 is 0 Å². The molecule has 1 aliphatic carbocycles. The second-order valence-corrected chi connectivity index (χ2v) is 7.47. The van der Waals surface area contributed by atoms with E-state index in [1.807, 2.05) is 12.3 Å². The Morgan fingerprint density at radius 3 is 2.45 bits per heavy atom. The lowest BCUT2D eigenvalue weighted by Gasteiger charge is -2.37. The number of pyridine rings is 1. The molecule has 0 aliphatic heterocycles. The molecule has 2 heteroatoms. The highest BCUT2D eigenvalue weighted by Gasteiger charge is 2.29. The van der Waals surface area contributed by atoms with Crippen molar-refractivity contribution < 1.29 is 0 Å². The van der Waals surface area contributed by atoms with E-state index in [4.69, 9.17) is 0 Å². The van der Waals surface area contributed by atoms with Gasteiger partial charge in [0.05, 0.1) is 5.69 Å². The quantitative estimate of drug-likeness (QED) is 0.869. The predicted octanol–water partition coefficient (Wildman–Crippen LogP) is 4.58. The van der Waals surface area contributed by atoms with Crippen LogP contribution in [0.1, 0.15) is 65.1 Å². The van der Waals surface area contributed by atoms with Gasteiger partial charge in [-0.05, 0) is 68.5 Å². The second-order valence-electron chi connectivity index (χ2n) is 7.47. The highest BCUT2D eigenvalue weighted by Crippen LogP contribution is 2.39. The maximum Gasteiger partial charge on any atom is 0.0570 e. The Labute approximate surface area is 124 Å². The maximum atomic E-state index is 4.42. The molecule has 1 fully saturated rings. The molecule has 0 spiro atoms. The minimum atomic E-state index is 0.358. The lowest BCUT2D eigenvalue weighted by atomic mass is 9.70. The molecular weight excluding hydrogens is 244 g/mol. The van der Waals surface area contributed by atoms with Gasteiger partial charge in [-0.1, -0.05) is 26.8 Å². The highest BCUT2D eigenvalue weighted by atomic mass is 14.9. The summed E-state index contributed by atoms with van der Waals surface area (Å²) >= 11 is 0. The molecule has 1 heterocycles. The maximum absolute atomic E-state index is 4.42. The summed E-state index contributed by atoms with van der Waals surface area (Å²) in [6.07, 6.45) is 7.43. The number of nitrogens with one attached hydrogen (secondary N) is 1. The molecule has 1 aromatic rings. The summed E-state index contributed by atoms with van der Waals surface area (Å²) in [5, 5.41) is 3.66. The van der Waals surface area contributed by atoms with Gasteiger partial charge in [-0.2, -0.15) is 0 Å². The smallest absolute Gasteiger partial charge is 0.0570 e. The van der Waals surface area contributed by atoms with Crippen LogP contribution in [-0.2, 0) is 0 Å². The van der Waals surface area contributed by atoms with Gasteiger partial charge in [0.15, 0.2) is 0 Å². The largest absolute Gasteiger partial charge is 0.309 e. The molecule has 1 aromatic heterocycles. The predicted molar refractivity (Wildman–Crippen MR) is 85.6 cm³/mol. The van der Waals surface area contributed by atoms with Gasteiger partial charge in [-0.15, -0.1) is 0 Å². The molecule has 2 nitrogen and oxygen atoms in total. The molecule has 0 aromatic carbocycles. The molecule has 0 bridgehead atoms. The normalized spacial score (nSPS) is 25.4. The SMILES string of the molecule is CC(NCC1CCC(C(C)(C)C)CC1)c1ccccn1. The van der Waals surface area contributed by atoms with E-state index in [1.54, 1.807) is 0 Å². The minimum Gasteiger partial charge on any atom is -0.309 e. The number of hydrogen-bond donors (Lipinski definition) is 1. The monoisotopic (exact) mass is 274 g/mol. The van der Waals surface area contributed by atoms with Gasteiger partial charge in [0.1, 0.15) is 0 Å². The van der Waals surface area contributed by atoms with Gasteiger partial charge in [0.25, 0.3) is 0 Å². The van der Waals surface area contributed by atoms with Gasteiger partial charge in [0.2, 0.25) is 0 Å². The Kier molecular flexibility index (Phi) is 5.20. The molecule has 1 atom stereocenters. The van der Waals surface area contributed by atoms with Gasteiger partial charge in [-0.3, -0.25) is 4.98 Å². The lowest BCUT2D eigenvalue weighted by molar-refractivity contribution is 0.148. The van der Waals surface area contributed by atoms with Crippen molar-refractivity contribution in [1.29, 1.82) is 0 Å². The molecule has 1 N–H and O–H groups in total. The third kappa shape index (κ3) is 4.31.